The van der Waals surface area contributed by atoms with Crippen molar-refractivity contribution in [1.82, 2.24) is 14.5 Å². The van der Waals surface area contributed by atoms with Crippen LogP contribution in [0.25, 0.3) is 10.9 Å². The quantitative estimate of drug-likeness (QED) is 0.693. The van der Waals surface area contributed by atoms with Crippen molar-refractivity contribution in [3.05, 3.63) is 46.0 Å². The zero-order chi connectivity index (χ0) is 17.5. The number of benzene rings is 1. The lowest BCUT2D eigenvalue weighted by molar-refractivity contribution is 0.0979. The molecule has 1 saturated heterocycles. The average molecular weight is 368 g/mol. The number of nitrogens with zero attached hydrogens (tertiary/aromatic N) is 3. The van der Waals surface area contributed by atoms with Crippen molar-refractivity contribution in [3.63, 3.8) is 0 Å². The maximum Gasteiger partial charge on any atom is 0.129 e. The molecule has 0 radical (unpaired) electrons. The van der Waals surface area contributed by atoms with E-state index in [1.54, 1.807) is 0 Å². The van der Waals surface area contributed by atoms with E-state index in [-0.39, 0.29) is 0 Å². The van der Waals surface area contributed by atoms with Crippen LogP contribution in [0.4, 0.5) is 0 Å². The van der Waals surface area contributed by atoms with Crippen LogP contribution in [0.3, 0.4) is 0 Å². The highest BCUT2D eigenvalue weighted by molar-refractivity contribution is 7.11. The second-order valence-corrected chi connectivity index (χ2v) is 8.71. The Hall–Kier alpha value is -1.85. The summed E-state index contributed by atoms with van der Waals surface area (Å²) in [5.74, 6) is 1.03. The number of ether oxygens (including phenoxy) is 1. The van der Waals surface area contributed by atoms with E-state index in [9.17, 15) is 0 Å². The fraction of sp³-hybridized carbons (Fsp3) is 0.476. The van der Waals surface area contributed by atoms with E-state index in [4.69, 9.17) is 9.72 Å². The second-order valence-electron chi connectivity index (χ2n) is 7.54. The number of likely N-dealkylation sites (tertiary alicyclic amines) is 1. The minimum Gasteiger partial charge on any atom is -0.490 e. The first-order valence-electron chi connectivity index (χ1n) is 9.67. The van der Waals surface area contributed by atoms with Gasteiger partial charge in [0.15, 0.2) is 0 Å². The van der Waals surface area contributed by atoms with E-state index < -0.39 is 0 Å². The summed E-state index contributed by atoms with van der Waals surface area (Å²) in [6, 6.07) is 8.50. The highest BCUT2D eigenvalue weighted by atomic mass is 32.1. The summed E-state index contributed by atoms with van der Waals surface area (Å²) in [6.07, 6.45) is 8.33. The number of thiazole rings is 1. The van der Waals surface area contributed by atoms with Crippen molar-refractivity contribution in [2.75, 3.05) is 13.1 Å². The highest BCUT2D eigenvalue weighted by Crippen LogP contribution is 2.30. The van der Waals surface area contributed by atoms with Gasteiger partial charge in [-0.15, -0.1) is 11.3 Å². The largest absolute Gasteiger partial charge is 0.490 e. The molecule has 0 bridgehead atoms. The minimum atomic E-state index is 0.318. The molecule has 26 heavy (non-hydrogen) atoms. The SMILES string of the molecule is Cn1ccc2c(OC3CCN(Cc4nc5c(s4)CCC5)CC3)cccc21. The van der Waals surface area contributed by atoms with Gasteiger partial charge in [-0.05, 0) is 50.3 Å². The highest BCUT2D eigenvalue weighted by Gasteiger charge is 2.23. The topological polar surface area (TPSA) is 30.3 Å². The van der Waals surface area contributed by atoms with Crippen molar-refractivity contribution in [2.24, 2.45) is 7.05 Å². The van der Waals surface area contributed by atoms with Crippen LogP contribution in [0.15, 0.2) is 30.5 Å². The lowest BCUT2D eigenvalue weighted by Gasteiger charge is -2.31. The van der Waals surface area contributed by atoms with Gasteiger partial charge < -0.3 is 9.30 Å². The summed E-state index contributed by atoms with van der Waals surface area (Å²) in [7, 11) is 2.08. The van der Waals surface area contributed by atoms with Gasteiger partial charge in [-0.2, -0.15) is 0 Å². The molecule has 4 nitrogen and oxygen atoms in total. The molecule has 2 aliphatic rings. The normalized spacial score (nSPS) is 18.5. The Morgan fingerprint density at radius 1 is 1.19 bits per heavy atom. The van der Waals surface area contributed by atoms with Crippen LogP contribution >= 0.6 is 11.3 Å². The summed E-state index contributed by atoms with van der Waals surface area (Å²) in [6.45, 7) is 3.21. The number of aromatic nitrogens is 2. The summed E-state index contributed by atoms with van der Waals surface area (Å²) >= 11 is 1.94. The average Bonchev–Trinajstić information content (AvgIpc) is 3.33. The van der Waals surface area contributed by atoms with E-state index in [1.807, 2.05) is 11.3 Å². The van der Waals surface area contributed by atoms with E-state index in [2.05, 4.69) is 47.0 Å². The number of aryl methyl sites for hydroxylation is 3. The first-order chi connectivity index (χ1) is 12.8. The molecule has 3 aromatic rings. The zero-order valence-electron chi connectivity index (χ0n) is 15.3. The second kappa shape index (κ2) is 6.71. The first kappa shape index (κ1) is 16.3. The number of hydrogen-bond donors (Lipinski definition) is 0. The monoisotopic (exact) mass is 367 g/mol. The maximum atomic E-state index is 6.38. The number of hydrogen-bond acceptors (Lipinski definition) is 4. The van der Waals surface area contributed by atoms with E-state index in [0.717, 1.165) is 38.2 Å². The molecule has 0 saturated carbocycles. The van der Waals surface area contributed by atoms with Crippen LogP contribution in [0, 0.1) is 0 Å². The fourth-order valence-electron chi connectivity index (χ4n) is 4.24. The van der Waals surface area contributed by atoms with Crippen LogP contribution < -0.4 is 4.74 Å². The van der Waals surface area contributed by atoms with Crippen LogP contribution in [0.1, 0.15) is 34.8 Å². The Bertz CT molecular complexity index is 899. The van der Waals surface area contributed by atoms with Gasteiger partial charge in [0.1, 0.15) is 16.9 Å². The van der Waals surface area contributed by atoms with Crippen molar-refractivity contribution in [3.8, 4) is 5.75 Å². The third-order valence-corrected chi connectivity index (χ3v) is 6.86. The summed E-state index contributed by atoms with van der Waals surface area (Å²) < 4.78 is 8.53. The number of fused-ring (bicyclic) bond motifs is 2. The van der Waals surface area contributed by atoms with E-state index in [1.165, 1.54) is 45.7 Å². The number of rotatable bonds is 4. The van der Waals surface area contributed by atoms with Crippen molar-refractivity contribution < 1.29 is 4.74 Å². The molecule has 136 valence electrons. The van der Waals surface area contributed by atoms with Crippen molar-refractivity contribution >= 4 is 22.2 Å². The molecule has 3 heterocycles. The van der Waals surface area contributed by atoms with Crippen molar-refractivity contribution in [1.29, 1.82) is 0 Å². The lowest BCUT2D eigenvalue weighted by Crippen LogP contribution is -2.37. The van der Waals surface area contributed by atoms with Gasteiger partial charge >= 0.3 is 0 Å². The summed E-state index contributed by atoms with van der Waals surface area (Å²) in [5, 5.41) is 2.53. The molecule has 5 heteroatoms. The van der Waals surface area contributed by atoms with Gasteiger partial charge in [0.2, 0.25) is 0 Å². The Morgan fingerprint density at radius 3 is 2.92 bits per heavy atom. The van der Waals surface area contributed by atoms with Crippen molar-refractivity contribution in [2.45, 2.75) is 44.8 Å². The third kappa shape index (κ3) is 3.03. The molecular formula is C21H25N3OS. The minimum absolute atomic E-state index is 0.318. The molecular weight excluding hydrogens is 342 g/mol. The van der Waals surface area contributed by atoms with Crippen LogP contribution in [-0.2, 0) is 26.4 Å². The smallest absolute Gasteiger partial charge is 0.129 e. The number of piperidine rings is 1. The Kier molecular flexibility index (Phi) is 4.21. The summed E-state index contributed by atoms with van der Waals surface area (Å²) in [5.41, 5.74) is 2.61. The van der Waals surface area contributed by atoms with Crippen LogP contribution in [0.2, 0.25) is 0 Å². The lowest BCUT2D eigenvalue weighted by atomic mass is 10.1. The van der Waals surface area contributed by atoms with Gasteiger partial charge in [0.05, 0.1) is 17.8 Å². The molecule has 0 atom stereocenters. The molecule has 5 rings (SSSR count). The predicted molar refractivity (Wildman–Crippen MR) is 106 cm³/mol. The maximum absolute atomic E-state index is 6.38. The Balaban J connectivity index is 1.20. The van der Waals surface area contributed by atoms with E-state index in [0.29, 0.717) is 6.10 Å². The molecule has 1 aliphatic carbocycles. The standard InChI is InChI=1S/C21H25N3OS/c1-23-11-10-16-18(23)5-3-6-19(16)25-15-8-12-24(13-9-15)14-21-22-17-4-2-7-20(17)26-21/h3,5-6,10-11,15H,2,4,7-9,12-14H2,1H3. The van der Waals surface area contributed by atoms with Gasteiger partial charge in [-0.1, -0.05) is 6.07 Å². The van der Waals surface area contributed by atoms with Gasteiger partial charge in [0.25, 0.3) is 0 Å². The summed E-state index contributed by atoms with van der Waals surface area (Å²) in [4.78, 5) is 8.93. The first-order valence-corrected chi connectivity index (χ1v) is 10.5. The molecule has 2 aromatic heterocycles. The molecule has 1 aromatic carbocycles. The zero-order valence-corrected chi connectivity index (χ0v) is 16.1. The van der Waals surface area contributed by atoms with Gasteiger partial charge in [0, 0.05) is 36.6 Å². The Morgan fingerprint density at radius 2 is 2.08 bits per heavy atom. The van der Waals surface area contributed by atoms with Crippen LogP contribution in [0.5, 0.6) is 5.75 Å². The molecule has 0 N–H and O–H groups in total. The molecule has 1 fully saturated rings. The molecule has 0 unspecified atom stereocenters. The molecule has 0 spiro atoms. The molecule has 1 aliphatic heterocycles. The van der Waals surface area contributed by atoms with Gasteiger partial charge in [-0.25, -0.2) is 4.98 Å². The fourth-order valence-corrected chi connectivity index (χ4v) is 5.44. The van der Waals surface area contributed by atoms with Gasteiger partial charge in [-0.3, -0.25) is 4.90 Å². The Labute approximate surface area is 158 Å². The van der Waals surface area contributed by atoms with Crippen LogP contribution in [-0.4, -0.2) is 33.6 Å². The molecule has 0 amide bonds. The third-order valence-electron chi connectivity index (χ3n) is 5.71. The predicted octanol–water partition coefficient (Wildman–Crippen LogP) is 4.17. The van der Waals surface area contributed by atoms with E-state index >= 15 is 0 Å².